The summed E-state index contributed by atoms with van der Waals surface area (Å²) in [5.74, 6) is 0. The monoisotopic (exact) mass is 274 g/mol. The molecular formula is C20H34. The molecular weight excluding hydrogens is 240 g/mol. The van der Waals surface area contributed by atoms with Crippen LogP contribution in [-0.4, -0.2) is 0 Å². The zero-order chi connectivity index (χ0) is 16.0. The average molecular weight is 274 g/mol. The third-order valence-electron chi connectivity index (χ3n) is 2.94. The summed E-state index contributed by atoms with van der Waals surface area (Å²) >= 11 is 0. The molecule has 0 radical (unpaired) electrons. The molecule has 0 saturated heterocycles. The summed E-state index contributed by atoms with van der Waals surface area (Å²) in [6.45, 7) is 19.5. The lowest BCUT2D eigenvalue weighted by molar-refractivity contribution is 0.891. The van der Waals surface area contributed by atoms with E-state index in [0.29, 0.717) is 0 Å². The molecule has 1 aromatic carbocycles. The highest BCUT2D eigenvalue weighted by Gasteiger charge is 2.04. The van der Waals surface area contributed by atoms with E-state index in [2.05, 4.69) is 53.0 Å². The Hall–Kier alpha value is -1.30. The average Bonchev–Trinajstić information content (AvgIpc) is 2.42. The highest BCUT2D eigenvalue weighted by molar-refractivity contribution is 5.38. The van der Waals surface area contributed by atoms with Crippen molar-refractivity contribution in [3.63, 3.8) is 0 Å². The maximum atomic E-state index is 3.36. The maximum Gasteiger partial charge on any atom is -0.0279 e. The zero-order valence-electron chi connectivity index (χ0n) is 14.6. The molecule has 0 fully saturated rings. The molecule has 0 aliphatic carbocycles. The predicted molar refractivity (Wildman–Crippen MR) is 95.7 cm³/mol. The van der Waals surface area contributed by atoms with Crippen molar-refractivity contribution < 1.29 is 0 Å². The van der Waals surface area contributed by atoms with E-state index in [9.17, 15) is 0 Å². The van der Waals surface area contributed by atoms with Gasteiger partial charge in [-0.15, -0.1) is 13.2 Å². The maximum absolute atomic E-state index is 3.36. The number of hydrogen-bond acceptors (Lipinski definition) is 0. The van der Waals surface area contributed by atoms with Crippen molar-refractivity contribution in [1.29, 1.82) is 0 Å². The SMILES string of the molecule is C=CC.C=CC.CCCc1cc(CC)c(C)cc1CC. The van der Waals surface area contributed by atoms with E-state index in [1.54, 1.807) is 23.3 Å². The van der Waals surface area contributed by atoms with Crippen LogP contribution < -0.4 is 0 Å². The van der Waals surface area contributed by atoms with Gasteiger partial charge in [0.05, 0.1) is 0 Å². The fourth-order valence-electron chi connectivity index (χ4n) is 2.08. The molecule has 1 aromatic rings. The Morgan fingerprint density at radius 2 is 1.30 bits per heavy atom. The number of hydrogen-bond donors (Lipinski definition) is 0. The van der Waals surface area contributed by atoms with Crippen LogP contribution in [-0.2, 0) is 19.3 Å². The second-order valence-corrected chi connectivity index (χ2v) is 4.82. The fraction of sp³-hybridized carbons (Fsp3) is 0.500. The Balaban J connectivity index is 0. The van der Waals surface area contributed by atoms with Gasteiger partial charge in [-0.2, -0.15) is 0 Å². The minimum absolute atomic E-state index is 1.16. The smallest absolute Gasteiger partial charge is 0.0279 e. The minimum Gasteiger partial charge on any atom is -0.103 e. The highest BCUT2D eigenvalue weighted by Crippen LogP contribution is 2.19. The van der Waals surface area contributed by atoms with Crippen LogP contribution in [0.15, 0.2) is 37.4 Å². The molecule has 0 nitrogen and oxygen atoms in total. The van der Waals surface area contributed by atoms with Crippen molar-refractivity contribution >= 4 is 0 Å². The first kappa shape index (κ1) is 21.0. The molecule has 0 aromatic heterocycles. The standard InChI is InChI=1S/C14H22.2C3H6/c1-5-8-14-10-12(6-2)11(4)9-13(14)7-3;2*1-3-2/h9-10H,5-8H2,1-4H3;2*3H,1H2,2H3. The van der Waals surface area contributed by atoms with Crippen LogP contribution in [0.2, 0.25) is 0 Å². The molecule has 1 rings (SSSR count). The van der Waals surface area contributed by atoms with Gasteiger partial charge in [0, 0.05) is 0 Å². The number of rotatable bonds is 4. The predicted octanol–water partition coefficient (Wildman–Crippen LogP) is 6.46. The van der Waals surface area contributed by atoms with Crippen molar-refractivity contribution in [3.05, 3.63) is 59.7 Å². The third kappa shape index (κ3) is 8.74. The Morgan fingerprint density at radius 1 is 0.850 bits per heavy atom. The van der Waals surface area contributed by atoms with E-state index in [1.165, 1.54) is 30.4 Å². The second kappa shape index (κ2) is 14.1. The summed E-state index contributed by atoms with van der Waals surface area (Å²) < 4.78 is 0. The molecule has 0 N–H and O–H groups in total. The van der Waals surface area contributed by atoms with E-state index in [-0.39, 0.29) is 0 Å². The van der Waals surface area contributed by atoms with Gasteiger partial charge in [0.15, 0.2) is 0 Å². The summed E-state index contributed by atoms with van der Waals surface area (Å²) in [6.07, 6.45) is 8.31. The molecule has 0 spiro atoms. The molecule has 0 aliphatic rings. The molecule has 0 unspecified atom stereocenters. The zero-order valence-corrected chi connectivity index (χ0v) is 14.6. The number of aryl methyl sites for hydroxylation is 4. The molecule has 0 heterocycles. The topological polar surface area (TPSA) is 0 Å². The van der Waals surface area contributed by atoms with E-state index in [0.717, 1.165) is 6.42 Å². The molecule has 114 valence electrons. The van der Waals surface area contributed by atoms with Crippen LogP contribution in [0.3, 0.4) is 0 Å². The van der Waals surface area contributed by atoms with Gasteiger partial charge in [-0.05, 0) is 62.3 Å². The highest BCUT2D eigenvalue weighted by atomic mass is 14.1. The Kier molecular flexibility index (Phi) is 14.8. The van der Waals surface area contributed by atoms with Gasteiger partial charge >= 0.3 is 0 Å². The molecule has 0 bridgehead atoms. The van der Waals surface area contributed by atoms with Gasteiger partial charge in [0.1, 0.15) is 0 Å². The third-order valence-corrected chi connectivity index (χ3v) is 2.94. The molecule has 0 amide bonds. The quantitative estimate of drug-likeness (QED) is 0.553. The molecule has 0 aliphatic heterocycles. The first-order valence-corrected chi connectivity index (χ1v) is 7.81. The van der Waals surface area contributed by atoms with Crippen LogP contribution in [0.25, 0.3) is 0 Å². The lowest BCUT2D eigenvalue weighted by Crippen LogP contribution is -1.97. The lowest BCUT2D eigenvalue weighted by atomic mass is 9.94. The number of allylic oxidation sites excluding steroid dienone is 2. The normalized spacial score (nSPS) is 8.70. The van der Waals surface area contributed by atoms with Crippen molar-refractivity contribution in [2.24, 2.45) is 0 Å². The van der Waals surface area contributed by atoms with Crippen LogP contribution >= 0.6 is 0 Å². The molecule has 0 heteroatoms. The van der Waals surface area contributed by atoms with Gasteiger partial charge < -0.3 is 0 Å². The van der Waals surface area contributed by atoms with Gasteiger partial charge in [-0.3, -0.25) is 0 Å². The Morgan fingerprint density at radius 3 is 1.65 bits per heavy atom. The van der Waals surface area contributed by atoms with Gasteiger partial charge in [-0.1, -0.05) is 51.5 Å². The van der Waals surface area contributed by atoms with Gasteiger partial charge in [-0.25, -0.2) is 0 Å². The Labute approximate surface area is 127 Å². The summed E-state index contributed by atoms with van der Waals surface area (Å²) in [5.41, 5.74) is 6.09. The van der Waals surface area contributed by atoms with Crippen LogP contribution in [0.5, 0.6) is 0 Å². The van der Waals surface area contributed by atoms with Crippen LogP contribution in [0, 0.1) is 6.92 Å². The van der Waals surface area contributed by atoms with Crippen molar-refractivity contribution in [3.8, 4) is 0 Å². The van der Waals surface area contributed by atoms with Crippen molar-refractivity contribution in [2.75, 3.05) is 0 Å². The first-order chi connectivity index (χ1) is 9.55. The van der Waals surface area contributed by atoms with E-state index in [4.69, 9.17) is 0 Å². The van der Waals surface area contributed by atoms with Gasteiger partial charge in [0.2, 0.25) is 0 Å². The van der Waals surface area contributed by atoms with E-state index >= 15 is 0 Å². The van der Waals surface area contributed by atoms with Gasteiger partial charge in [0.25, 0.3) is 0 Å². The second-order valence-electron chi connectivity index (χ2n) is 4.82. The molecule has 0 saturated carbocycles. The lowest BCUT2D eigenvalue weighted by Gasteiger charge is -2.12. The summed E-state index contributed by atoms with van der Waals surface area (Å²) in [6, 6.07) is 4.79. The minimum atomic E-state index is 1.16. The van der Waals surface area contributed by atoms with Crippen LogP contribution in [0.4, 0.5) is 0 Å². The van der Waals surface area contributed by atoms with E-state index in [1.807, 2.05) is 13.8 Å². The van der Waals surface area contributed by atoms with E-state index < -0.39 is 0 Å². The Bertz CT molecular complexity index is 366. The first-order valence-electron chi connectivity index (χ1n) is 7.81. The van der Waals surface area contributed by atoms with Crippen LogP contribution in [0.1, 0.15) is 63.3 Å². The van der Waals surface area contributed by atoms with Crippen molar-refractivity contribution in [1.82, 2.24) is 0 Å². The summed E-state index contributed by atoms with van der Waals surface area (Å²) in [4.78, 5) is 0. The summed E-state index contributed by atoms with van der Waals surface area (Å²) in [7, 11) is 0. The summed E-state index contributed by atoms with van der Waals surface area (Å²) in [5, 5.41) is 0. The largest absolute Gasteiger partial charge is 0.103 e. The molecule has 0 atom stereocenters. The molecule has 20 heavy (non-hydrogen) atoms. The number of benzene rings is 1. The van der Waals surface area contributed by atoms with Crippen molar-refractivity contribution in [2.45, 2.75) is 67.2 Å². The fourth-order valence-corrected chi connectivity index (χ4v) is 2.08.